The van der Waals surface area contributed by atoms with Crippen LogP contribution in [0.5, 0.6) is 0 Å². The summed E-state index contributed by atoms with van der Waals surface area (Å²) in [6.45, 7) is 1.58. The molecular formula is C8H13NO5. The van der Waals surface area contributed by atoms with Crippen molar-refractivity contribution in [2.45, 2.75) is 37.6 Å². The highest BCUT2D eigenvalue weighted by Gasteiger charge is 2.49. The summed E-state index contributed by atoms with van der Waals surface area (Å²) in [4.78, 5) is 10.8. The molecule has 0 aromatic carbocycles. The summed E-state index contributed by atoms with van der Waals surface area (Å²) in [5, 5.41) is 21.7. The highest BCUT2D eigenvalue weighted by Crippen LogP contribution is 2.27. The Morgan fingerprint density at radius 3 is 2.79 bits per heavy atom. The standard InChI is InChI=1S/C8H13NO5/c1-3(10)9-5-7(12)6(11)4-2-13-8(5)14-4/h4-8,11-12H,2H2,1H3,(H,9,10)/t4?,5?,6-,7?,8-/m1/s1. The Morgan fingerprint density at radius 1 is 1.43 bits per heavy atom. The van der Waals surface area contributed by atoms with Crippen LogP contribution in [0.3, 0.4) is 0 Å². The molecule has 6 nitrogen and oxygen atoms in total. The fourth-order valence-electron chi connectivity index (χ4n) is 1.79. The summed E-state index contributed by atoms with van der Waals surface area (Å²) in [6.07, 6.45) is -3.18. The van der Waals surface area contributed by atoms with E-state index in [1.807, 2.05) is 0 Å². The van der Waals surface area contributed by atoms with Gasteiger partial charge in [-0.15, -0.1) is 0 Å². The van der Waals surface area contributed by atoms with E-state index in [-0.39, 0.29) is 12.5 Å². The molecule has 0 spiro atoms. The molecule has 2 fully saturated rings. The van der Waals surface area contributed by atoms with Gasteiger partial charge in [0.25, 0.3) is 0 Å². The number of fused-ring (bicyclic) bond motifs is 2. The molecular weight excluding hydrogens is 190 g/mol. The second-order valence-corrected chi connectivity index (χ2v) is 3.58. The van der Waals surface area contributed by atoms with Gasteiger partial charge in [0.05, 0.1) is 6.61 Å². The van der Waals surface area contributed by atoms with Crippen molar-refractivity contribution in [3.8, 4) is 0 Å². The molecule has 3 unspecified atom stereocenters. The molecule has 1 amide bonds. The van der Waals surface area contributed by atoms with E-state index in [9.17, 15) is 15.0 Å². The average Bonchev–Trinajstić information content (AvgIpc) is 2.55. The molecule has 2 saturated heterocycles. The Labute approximate surface area is 80.8 Å². The molecule has 0 aromatic heterocycles. The van der Waals surface area contributed by atoms with Gasteiger partial charge in [-0.1, -0.05) is 0 Å². The van der Waals surface area contributed by atoms with E-state index < -0.39 is 30.6 Å². The molecule has 6 heteroatoms. The SMILES string of the molecule is CC(=O)NC1C(O)[C@H](O)C2CO[C@@H]1O2. The van der Waals surface area contributed by atoms with Crippen molar-refractivity contribution in [1.29, 1.82) is 0 Å². The highest BCUT2D eigenvalue weighted by molar-refractivity contribution is 5.73. The van der Waals surface area contributed by atoms with Gasteiger partial charge in [-0.25, -0.2) is 0 Å². The largest absolute Gasteiger partial charge is 0.388 e. The van der Waals surface area contributed by atoms with Crippen LogP contribution in [0.4, 0.5) is 0 Å². The van der Waals surface area contributed by atoms with E-state index in [0.717, 1.165) is 0 Å². The van der Waals surface area contributed by atoms with Crippen LogP contribution >= 0.6 is 0 Å². The average molecular weight is 203 g/mol. The lowest BCUT2D eigenvalue weighted by molar-refractivity contribution is -0.186. The van der Waals surface area contributed by atoms with Crippen molar-refractivity contribution in [2.24, 2.45) is 0 Å². The molecule has 5 atom stereocenters. The van der Waals surface area contributed by atoms with Crippen molar-refractivity contribution in [2.75, 3.05) is 6.61 Å². The number of hydrogen-bond acceptors (Lipinski definition) is 5. The minimum atomic E-state index is -1.04. The summed E-state index contributed by atoms with van der Waals surface area (Å²) >= 11 is 0. The first-order chi connectivity index (χ1) is 6.59. The number of carbonyl (C=O) groups excluding carboxylic acids is 1. The van der Waals surface area contributed by atoms with E-state index in [1.165, 1.54) is 6.92 Å². The second kappa shape index (κ2) is 3.47. The molecule has 3 N–H and O–H groups in total. The van der Waals surface area contributed by atoms with Crippen LogP contribution in [-0.2, 0) is 14.3 Å². The molecule has 2 rings (SSSR count). The van der Waals surface area contributed by atoms with Crippen LogP contribution in [0.15, 0.2) is 0 Å². The Hall–Kier alpha value is -0.690. The Balaban J connectivity index is 2.10. The van der Waals surface area contributed by atoms with E-state index in [0.29, 0.717) is 0 Å². The predicted octanol–water partition coefficient (Wildman–Crippen LogP) is -2.03. The number of ether oxygens (including phenoxy) is 2. The molecule has 2 heterocycles. The normalized spacial score (nSPS) is 46.4. The Kier molecular flexibility index (Phi) is 2.44. The van der Waals surface area contributed by atoms with E-state index in [2.05, 4.69) is 5.32 Å². The number of rotatable bonds is 1. The number of aliphatic hydroxyl groups is 2. The number of hydrogen-bond donors (Lipinski definition) is 3. The van der Waals surface area contributed by atoms with E-state index in [4.69, 9.17) is 9.47 Å². The van der Waals surface area contributed by atoms with E-state index >= 15 is 0 Å². The molecule has 80 valence electrons. The van der Waals surface area contributed by atoms with Gasteiger partial charge in [0.1, 0.15) is 24.4 Å². The monoisotopic (exact) mass is 203 g/mol. The van der Waals surface area contributed by atoms with Gasteiger partial charge in [-0.3, -0.25) is 4.79 Å². The number of amides is 1. The first-order valence-corrected chi connectivity index (χ1v) is 4.50. The van der Waals surface area contributed by atoms with Gasteiger partial charge in [0, 0.05) is 6.92 Å². The third-order valence-corrected chi connectivity index (χ3v) is 2.50. The molecule has 2 aliphatic heterocycles. The number of aliphatic hydroxyl groups excluding tert-OH is 2. The quantitative estimate of drug-likeness (QED) is 0.457. The highest BCUT2D eigenvalue weighted by atomic mass is 16.7. The Morgan fingerprint density at radius 2 is 2.14 bits per heavy atom. The van der Waals surface area contributed by atoms with Crippen molar-refractivity contribution in [3.05, 3.63) is 0 Å². The summed E-state index contributed by atoms with van der Waals surface area (Å²) in [5.41, 5.74) is 0. The van der Waals surface area contributed by atoms with Gasteiger partial charge in [-0.05, 0) is 0 Å². The summed E-state index contributed by atoms with van der Waals surface area (Å²) in [6, 6.07) is -0.693. The topological polar surface area (TPSA) is 88.0 Å². The lowest BCUT2D eigenvalue weighted by Crippen LogP contribution is -2.60. The number of carbonyl (C=O) groups is 1. The first-order valence-electron chi connectivity index (χ1n) is 4.50. The van der Waals surface area contributed by atoms with Crippen molar-refractivity contribution in [3.63, 3.8) is 0 Å². The molecule has 0 aromatic rings. The second-order valence-electron chi connectivity index (χ2n) is 3.58. The zero-order valence-electron chi connectivity index (χ0n) is 7.71. The fourth-order valence-corrected chi connectivity index (χ4v) is 1.79. The maximum absolute atomic E-state index is 10.8. The lowest BCUT2D eigenvalue weighted by atomic mass is 9.99. The molecule has 0 aliphatic carbocycles. The van der Waals surface area contributed by atoms with Crippen LogP contribution in [-0.4, -0.2) is 53.4 Å². The van der Waals surface area contributed by atoms with Gasteiger partial charge in [0.2, 0.25) is 5.91 Å². The van der Waals surface area contributed by atoms with Gasteiger partial charge < -0.3 is 25.0 Å². The van der Waals surface area contributed by atoms with Crippen LogP contribution in [0, 0.1) is 0 Å². The van der Waals surface area contributed by atoms with Gasteiger partial charge >= 0.3 is 0 Å². The molecule has 2 aliphatic rings. The zero-order valence-corrected chi connectivity index (χ0v) is 7.71. The van der Waals surface area contributed by atoms with Gasteiger partial charge in [-0.2, -0.15) is 0 Å². The third-order valence-electron chi connectivity index (χ3n) is 2.50. The van der Waals surface area contributed by atoms with Crippen molar-refractivity contribution >= 4 is 5.91 Å². The van der Waals surface area contributed by atoms with E-state index in [1.54, 1.807) is 0 Å². The fraction of sp³-hybridized carbons (Fsp3) is 0.875. The molecule has 0 radical (unpaired) electrons. The first kappa shape index (κ1) is 9.85. The number of nitrogens with one attached hydrogen (secondary N) is 1. The third kappa shape index (κ3) is 1.50. The molecule has 0 saturated carbocycles. The maximum atomic E-state index is 10.8. The lowest BCUT2D eigenvalue weighted by Gasteiger charge is -2.35. The molecule has 2 bridgehead atoms. The molecule has 14 heavy (non-hydrogen) atoms. The Bertz CT molecular complexity index is 246. The summed E-state index contributed by atoms with van der Waals surface area (Å²) < 4.78 is 10.4. The minimum absolute atomic E-state index is 0.249. The summed E-state index contributed by atoms with van der Waals surface area (Å²) in [7, 11) is 0. The predicted molar refractivity (Wildman–Crippen MR) is 44.2 cm³/mol. The van der Waals surface area contributed by atoms with Crippen LogP contribution in [0.1, 0.15) is 6.92 Å². The van der Waals surface area contributed by atoms with Crippen LogP contribution in [0.25, 0.3) is 0 Å². The maximum Gasteiger partial charge on any atom is 0.217 e. The van der Waals surface area contributed by atoms with Gasteiger partial charge in [0.15, 0.2) is 6.29 Å². The zero-order chi connectivity index (χ0) is 10.3. The van der Waals surface area contributed by atoms with Crippen LogP contribution in [0.2, 0.25) is 0 Å². The van der Waals surface area contributed by atoms with Crippen molar-refractivity contribution < 1.29 is 24.5 Å². The summed E-state index contributed by atoms with van der Waals surface area (Å²) in [5.74, 6) is -0.293. The van der Waals surface area contributed by atoms with Crippen LogP contribution < -0.4 is 5.32 Å². The van der Waals surface area contributed by atoms with Crippen molar-refractivity contribution in [1.82, 2.24) is 5.32 Å². The minimum Gasteiger partial charge on any atom is -0.388 e. The smallest absolute Gasteiger partial charge is 0.217 e.